The van der Waals surface area contributed by atoms with E-state index in [0.717, 1.165) is 19.1 Å². The first-order chi connectivity index (χ1) is 12.0. The zero-order valence-corrected chi connectivity index (χ0v) is 14.2. The molecule has 1 heterocycles. The van der Waals surface area contributed by atoms with Gasteiger partial charge in [0, 0.05) is 19.1 Å². The number of carbonyl (C=O) groups excluding carboxylic acids is 1. The van der Waals surface area contributed by atoms with Crippen molar-refractivity contribution >= 4 is 40.6 Å². The van der Waals surface area contributed by atoms with E-state index in [0.29, 0.717) is 12.1 Å². The standard InChI is InChI=1S/C14H8Cl2F3N3O4/c1-6(23)20-13-10(22(24)25)2-3-11(21-13)26-12-8(15)4-7(5-9(12)16)14(17,18)19/h2-5H,1H3,(H,20,21,23). The number of benzene rings is 1. The third kappa shape index (κ3) is 4.52. The SMILES string of the molecule is CC(=O)Nc1nc(Oc2c(Cl)cc(C(F)(F)F)cc2Cl)ccc1[N+](=O)[O-]. The Morgan fingerprint density at radius 1 is 1.27 bits per heavy atom. The van der Waals surface area contributed by atoms with Crippen molar-refractivity contribution in [2.24, 2.45) is 0 Å². The zero-order valence-electron chi connectivity index (χ0n) is 12.7. The maximum Gasteiger partial charge on any atom is 0.416 e. The number of amides is 1. The number of rotatable bonds is 4. The van der Waals surface area contributed by atoms with Crippen LogP contribution < -0.4 is 10.1 Å². The molecular formula is C14H8Cl2F3N3O4. The highest BCUT2D eigenvalue weighted by Crippen LogP contribution is 2.41. The van der Waals surface area contributed by atoms with Crippen LogP contribution in [0.5, 0.6) is 11.6 Å². The van der Waals surface area contributed by atoms with Gasteiger partial charge in [-0.15, -0.1) is 0 Å². The predicted molar refractivity (Wildman–Crippen MR) is 86.7 cm³/mol. The van der Waals surface area contributed by atoms with Crippen molar-refractivity contribution in [3.63, 3.8) is 0 Å². The fourth-order valence-corrected chi connectivity index (χ4v) is 2.39. The molecule has 1 amide bonds. The second-order valence-electron chi connectivity index (χ2n) is 4.82. The maximum atomic E-state index is 12.7. The van der Waals surface area contributed by atoms with Gasteiger partial charge in [-0.2, -0.15) is 18.2 Å². The molecule has 26 heavy (non-hydrogen) atoms. The van der Waals surface area contributed by atoms with Gasteiger partial charge in [0.25, 0.3) is 0 Å². The van der Waals surface area contributed by atoms with E-state index in [4.69, 9.17) is 27.9 Å². The number of ether oxygens (including phenoxy) is 1. The zero-order chi connectivity index (χ0) is 19.6. The first kappa shape index (κ1) is 19.7. The van der Waals surface area contributed by atoms with E-state index in [-0.39, 0.29) is 11.6 Å². The van der Waals surface area contributed by atoms with Crippen molar-refractivity contribution in [3.8, 4) is 11.6 Å². The Bertz CT molecular complexity index is 867. The van der Waals surface area contributed by atoms with Crippen molar-refractivity contribution in [1.29, 1.82) is 0 Å². The quantitative estimate of drug-likeness (QED) is 0.561. The smallest absolute Gasteiger partial charge is 0.416 e. The Labute approximate surface area is 153 Å². The second kappa shape index (κ2) is 7.34. The van der Waals surface area contributed by atoms with Crippen LogP contribution in [-0.2, 0) is 11.0 Å². The van der Waals surface area contributed by atoms with Gasteiger partial charge in [-0.25, -0.2) is 0 Å². The molecule has 0 aliphatic rings. The molecule has 1 aromatic carbocycles. The molecular weight excluding hydrogens is 402 g/mol. The number of nitrogens with one attached hydrogen (secondary N) is 1. The molecule has 0 saturated carbocycles. The lowest BCUT2D eigenvalue weighted by Gasteiger charge is -2.13. The predicted octanol–water partition coefficient (Wildman–Crippen LogP) is 5.07. The molecule has 1 aromatic heterocycles. The van der Waals surface area contributed by atoms with Crippen molar-refractivity contribution < 1.29 is 27.6 Å². The summed E-state index contributed by atoms with van der Waals surface area (Å²) in [7, 11) is 0. The number of pyridine rings is 1. The van der Waals surface area contributed by atoms with Crippen LogP contribution >= 0.6 is 23.2 Å². The molecule has 2 rings (SSSR count). The van der Waals surface area contributed by atoms with Crippen LogP contribution in [0.1, 0.15) is 12.5 Å². The van der Waals surface area contributed by atoms with E-state index in [1.54, 1.807) is 0 Å². The third-order valence-electron chi connectivity index (χ3n) is 2.87. The fraction of sp³-hybridized carbons (Fsp3) is 0.143. The molecule has 0 aliphatic heterocycles. The van der Waals surface area contributed by atoms with Gasteiger partial charge in [0.15, 0.2) is 5.75 Å². The summed E-state index contributed by atoms with van der Waals surface area (Å²) in [5.74, 6) is -1.62. The fourth-order valence-electron chi connectivity index (χ4n) is 1.82. The Hall–Kier alpha value is -2.59. The number of aromatic nitrogens is 1. The minimum atomic E-state index is -4.66. The summed E-state index contributed by atoms with van der Waals surface area (Å²) in [5, 5.41) is 12.2. The molecule has 0 aliphatic carbocycles. The number of anilines is 1. The van der Waals surface area contributed by atoms with Gasteiger partial charge in [-0.05, 0) is 12.1 Å². The third-order valence-corrected chi connectivity index (χ3v) is 3.43. The van der Waals surface area contributed by atoms with Gasteiger partial charge in [0.2, 0.25) is 17.6 Å². The number of hydrogen-bond donors (Lipinski definition) is 1. The first-order valence-electron chi connectivity index (χ1n) is 6.66. The van der Waals surface area contributed by atoms with Crippen LogP contribution in [0.25, 0.3) is 0 Å². The van der Waals surface area contributed by atoms with Crippen LogP contribution in [0.3, 0.4) is 0 Å². The van der Waals surface area contributed by atoms with E-state index >= 15 is 0 Å². The molecule has 0 atom stereocenters. The molecule has 0 unspecified atom stereocenters. The molecule has 2 aromatic rings. The summed E-state index contributed by atoms with van der Waals surface area (Å²) >= 11 is 11.6. The molecule has 0 spiro atoms. The van der Waals surface area contributed by atoms with Crippen LogP contribution in [0, 0.1) is 10.1 Å². The van der Waals surface area contributed by atoms with Crippen molar-refractivity contribution in [2.45, 2.75) is 13.1 Å². The van der Waals surface area contributed by atoms with Crippen LogP contribution in [-0.4, -0.2) is 15.8 Å². The number of nitro groups is 1. The Balaban J connectivity index is 2.42. The Morgan fingerprint density at radius 2 is 1.85 bits per heavy atom. The average molecular weight is 410 g/mol. The Morgan fingerprint density at radius 3 is 2.31 bits per heavy atom. The highest BCUT2D eigenvalue weighted by molar-refractivity contribution is 6.37. The number of nitrogens with zero attached hydrogens (tertiary/aromatic N) is 2. The Kier molecular flexibility index (Phi) is 5.57. The molecule has 0 saturated heterocycles. The summed E-state index contributed by atoms with van der Waals surface area (Å²) in [6.07, 6.45) is -4.66. The highest BCUT2D eigenvalue weighted by atomic mass is 35.5. The van der Waals surface area contributed by atoms with Gasteiger partial charge < -0.3 is 10.1 Å². The summed E-state index contributed by atoms with van der Waals surface area (Å²) in [6, 6.07) is 3.30. The lowest BCUT2D eigenvalue weighted by atomic mass is 10.2. The van der Waals surface area contributed by atoms with Crippen molar-refractivity contribution in [3.05, 3.63) is 50.0 Å². The van der Waals surface area contributed by atoms with Gasteiger partial charge in [-0.3, -0.25) is 14.9 Å². The number of hydrogen-bond acceptors (Lipinski definition) is 5. The minimum Gasteiger partial charge on any atom is -0.436 e. The average Bonchev–Trinajstić information content (AvgIpc) is 2.49. The van der Waals surface area contributed by atoms with Gasteiger partial charge in [0.1, 0.15) is 0 Å². The first-order valence-corrected chi connectivity index (χ1v) is 7.41. The monoisotopic (exact) mass is 409 g/mol. The van der Waals surface area contributed by atoms with Gasteiger partial charge >= 0.3 is 11.9 Å². The summed E-state index contributed by atoms with van der Waals surface area (Å²) in [5.41, 5.74) is -1.58. The molecule has 7 nitrogen and oxygen atoms in total. The maximum absolute atomic E-state index is 12.7. The van der Waals surface area contributed by atoms with Crippen LogP contribution in [0.4, 0.5) is 24.7 Å². The lowest BCUT2D eigenvalue weighted by Crippen LogP contribution is -2.10. The summed E-state index contributed by atoms with van der Waals surface area (Å²) in [4.78, 5) is 25.0. The minimum absolute atomic E-state index is 0.275. The van der Waals surface area contributed by atoms with Gasteiger partial charge in [0.05, 0.1) is 20.5 Å². The largest absolute Gasteiger partial charge is 0.436 e. The van der Waals surface area contributed by atoms with Crippen LogP contribution in [0.2, 0.25) is 10.0 Å². The number of alkyl halides is 3. The molecule has 0 bridgehead atoms. The van der Waals surface area contributed by atoms with Crippen molar-refractivity contribution in [1.82, 2.24) is 4.98 Å². The molecule has 12 heteroatoms. The molecule has 138 valence electrons. The summed E-state index contributed by atoms with van der Waals surface area (Å²) in [6.45, 7) is 1.11. The molecule has 0 radical (unpaired) electrons. The molecule has 1 N–H and O–H groups in total. The van der Waals surface area contributed by atoms with E-state index in [2.05, 4.69) is 10.3 Å². The topological polar surface area (TPSA) is 94.4 Å². The lowest BCUT2D eigenvalue weighted by molar-refractivity contribution is -0.384. The van der Waals surface area contributed by atoms with E-state index in [1.807, 2.05) is 0 Å². The van der Waals surface area contributed by atoms with Crippen molar-refractivity contribution in [2.75, 3.05) is 5.32 Å². The van der Waals surface area contributed by atoms with E-state index in [1.165, 1.54) is 0 Å². The normalized spacial score (nSPS) is 11.2. The highest BCUT2D eigenvalue weighted by Gasteiger charge is 2.32. The van der Waals surface area contributed by atoms with Gasteiger partial charge in [-0.1, -0.05) is 23.2 Å². The second-order valence-corrected chi connectivity index (χ2v) is 5.64. The van der Waals surface area contributed by atoms with E-state index < -0.39 is 44.1 Å². The van der Waals surface area contributed by atoms with Crippen LogP contribution in [0.15, 0.2) is 24.3 Å². The number of halogens is 5. The molecule has 0 fully saturated rings. The number of carbonyl (C=O) groups is 1. The van der Waals surface area contributed by atoms with E-state index in [9.17, 15) is 28.1 Å². The summed E-state index contributed by atoms with van der Waals surface area (Å²) < 4.78 is 43.4.